The normalized spacial score (nSPS) is 13.4. The van der Waals surface area contributed by atoms with Gasteiger partial charge in [0.25, 0.3) is 0 Å². The lowest BCUT2D eigenvalue weighted by Gasteiger charge is -2.32. The zero-order valence-electron chi connectivity index (χ0n) is 10.4. The average molecular weight is 200 g/mol. The lowest BCUT2D eigenvalue weighted by Crippen LogP contribution is -2.34. The van der Waals surface area contributed by atoms with Crippen molar-refractivity contribution in [1.29, 1.82) is 0 Å². The summed E-state index contributed by atoms with van der Waals surface area (Å²) in [7, 11) is 0. The van der Waals surface area contributed by atoms with E-state index >= 15 is 0 Å². The highest BCUT2D eigenvalue weighted by molar-refractivity contribution is 4.73. The van der Waals surface area contributed by atoms with E-state index in [9.17, 15) is 0 Å². The van der Waals surface area contributed by atoms with Gasteiger partial charge >= 0.3 is 0 Å². The number of hydrogen-bond acceptors (Lipinski definition) is 2. The molecule has 0 atom stereocenters. The van der Waals surface area contributed by atoms with E-state index in [0.29, 0.717) is 6.42 Å². The second-order valence-corrected chi connectivity index (χ2v) is 5.41. The average Bonchev–Trinajstić information content (AvgIpc) is 1.78. The van der Waals surface area contributed by atoms with Gasteiger partial charge in [-0.25, -0.2) is 0 Å². The van der Waals surface area contributed by atoms with E-state index in [2.05, 4.69) is 6.58 Å². The van der Waals surface area contributed by atoms with Gasteiger partial charge in [-0.2, -0.15) is 0 Å². The Hall–Kier alpha value is -0.340. The maximum absolute atomic E-state index is 5.76. The molecule has 2 nitrogen and oxygen atoms in total. The highest BCUT2D eigenvalue weighted by Gasteiger charge is 2.23. The van der Waals surface area contributed by atoms with Crippen molar-refractivity contribution < 1.29 is 9.47 Å². The molecule has 0 saturated heterocycles. The highest BCUT2D eigenvalue weighted by Crippen LogP contribution is 2.19. The van der Waals surface area contributed by atoms with Crippen LogP contribution in [0.3, 0.4) is 0 Å². The molecule has 0 N–H and O–H groups in total. The third-order valence-electron chi connectivity index (χ3n) is 1.33. The van der Waals surface area contributed by atoms with Crippen LogP contribution >= 0.6 is 0 Å². The maximum Gasteiger partial charge on any atom is 0.162 e. The van der Waals surface area contributed by atoms with E-state index in [1.807, 2.05) is 47.6 Å². The van der Waals surface area contributed by atoms with Crippen LogP contribution in [0.1, 0.15) is 48.0 Å². The van der Waals surface area contributed by atoms with Gasteiger partial charge < -0.3 is 9.47 Å². The molecule has 0 fully saturated rings. The van der Waals surface area contributed by atoms with E-state index < -0.39 is 0 Å². The van der Waals surface area contributed by atoms with Crippen LogP contribution in [0.2, 0.25) is 0 Å². The molecule has 0 aliphatic carbocycles. The largest absolute Gasteiger partial charge is 0.347 e. The molecule has 0 rings (SSSR count). The minimum atomic E-state index is -0.201. The third kappa shape index (κ3) is 8.27. The Morgan fingerprint density at radius 1 is 1.00 bits per heavy atom. The Morgan fingerprint density at radius 3 is 1.57 bits per heavy atom. The van der Waals surface area contributed by atoms with Crippen LogP contribution in [0.4, 0.5) is 0 Å². The van der Waals surface area contributed by atoms with Crippen molar-refractivity contribution in [2.45, 2.75) is 65.5 Å². The fourth-order valence-corrected chi connectivity index (χ4v) is 1.05. The molecule has 0 aromatic rings. The fourth-order valence-electron chi connectivity index (χ4n) is 1.05. The van der Waals surface area contributed by atoms with E-state index in [1.165, 1.54) is 0 Å². The SMILES string of the molecule is C=CCC(OC(C)(C)C)OC(C)(C)C. The van der Waals surface area contributed by atoms with Gasteiger partial charge in [-0.05, 0) is 41.5 Å². The van der Waals surface area contributed by atoms with Crippen molar-refractivity contribution in [2.75, 3.05) is 0 Å². The minimum absolute atomic E-state index is 0.182. The van der Waals surface area contributed by atoms with Crippen molar-refractivity contribution in [3.63, 3.8) is 0 Å². The first-order chi connectivity index (χ1) is 6.14. The highest BCUT2D eigenvalue weighted by atomic mass is 16.7. The van der Waals surface area contributed by atoms with Crippen LogP contribution in [0.25, 0.3) is 0 Å². The smallest absolute Gasteiger partial charge is 0.162 e. The molecule has 0 saturated carbocycles. The Morgan fingerprint density at radius 2 is 1.36 bits per heavy atom. The van der Waals surface area contributed by atoms with Crippen molar-refractivity contribution in [2.24, 2.45) is 0 Å². The molecule has 0 heterocycles. The summed E-state index contributed by atoms with van der Waals surface area (Å²) in [4.78, 5) is 0. The Labute approximate surface area is 88.3 Å². The van der Waals surface area contributed by atoms with Gasteiger partial charge in [-0.15, -0.1) is 6.58 Å². The van der Waals surface area contributed by atoms with E-state index in [0.717, 1.165) is 0 Å². The molecule has 84 valence electrons. The number of ether oxygens (including phenoxy) is 2. The second kappa shape index (κ2) is 4.94. The van der Waals surface area contributed by atoms with Gasteiger partial charge in [0.15, 0.2) is 6.29 Å². The number of hydrogen-bond donors (Lipinski definition) is 0. The Kier molecular flexibility index (Phi) is 4.82. The molecule has 0 amide bonds. The van der Waals surface area contributed by atoms with Gasteiger partial charge in [-0.3, -0.25) is 0 Å². The first-order valence-electron chi connectivity index (χ1n) is 5.10. The molecular weight excluding hydrogens is 176 g/mol. The zero-order valence-corrected chi connectivity index (χ0v) is 10.4. The first-order valence-corrected chi connectivity index (χ1v) is 5.10. The molecule has 14 heavy (non-hydrogen) atoms. The minimum Gasteiger partial charge on any atom is -0.347 e. The molecule has 0 aliphatic heterocycles. The second-order valence-electron chi connectivity index (χ2n) is 5.41. The third-order valence-corrected chi connectivity index (χ3v) is 1.33. The summed E-state index contributed by atoms with van der Waals surface area (Å²) in [5, 5.41) is 0. The van der Waals surface area contributed by atoms with E-state index in [-0.39, 0.29) is 17.5 Å². The van der Waals surface area contributed by atoms with Crippen molar-refractivity contribution in [3.05, 3.63) is 12.7 Å². The first kappa shape index (κ1) is 13.7. The summed E-state index contributed by atoms with van der Waals surface area (Å²) in [6, 6.07) is 0. The van der Waals surface area contributed by atoms with Crippen molar-refractivity contribution >= 4 is 0 Å². The van der Waals surface area contributed by atoms with Crippen molar-refractivity contribution in [3.8, 4) is 0 Å². The van der Waals surface area contributed by atoms with Crippen LogP contribution in [0.15, 0.2) is 12.7 Å². The molecule has 0 spiro atoms. The van der Waals surface area contributed by atoms with Crippen molar-refractivity contribution in [1.82, 2.24) is 0 Å². The van der Waals surface area contributed by atoms with Crippen LogP contribution in [0, 0.1) is 0 Å². The van der Waals surface area contributed by atoms with Gasteiger partial charge in [0.05, 0.1) is 11.2 Å². The summed E-state index contributed by atoms with van der Waals surface area (Å²) in [5.41, 5.74) is -0.363. The summed E-state index contributed by atoms with van der Waals surface area (Å²) >= 11 is 0. The van der Waals surface area contributed by atoms with Crippen LogP contribution in [-0.2, 0) is 9.47 Å². The lowest BCUT2D eigenvalue weighted by atomic mass is 10.1. The molecular formula is C12H24O2. The van der Waals surface area contributed by atoms with Gasteiger partial charge in [0, 0.05) is 6.42 Å². The topological polar surface area (TPSA) is 18.5 Å². The summed E-state index contributed by atoms with van der Waals surface area (Å²) in [6.45, 7) is 15.8. The molecule has 0 aromatic heterocycles. The molecule has 0 aromatic carbocycles. The van der Waals surface area contributed by atoms with Crippen LogP contribution in [-0.4, -0.2) is 17.5 Å². The summed E-state index contributed by atoms with van der Waals surface area (Å²) < 4.78 is 11.5. The predicted molar refractivity (Wildman–Crippen MR) is 60.3 cm³/mol. The molecule has 2 heteroatoms. The van der Waals surface area contributed by atoms with Crippen LogP contribution in [0.5, 0.6) is 0 Å². The zero-order chi connectivity index (χ0) is 11.4. The summed E-state index contributed by atoms with van der Waals surface area (Å²) in [6.07, 6.45) is 2.34. The van der Waals surface area contributed by atoms with Crippen LogP contribution < -0.4 is 0 Å². The summed E-state index contributed by atoms with van der Waals surface area (Å²) in [5.74, 6) is 0. The maximum atomic E-state index is 5.76. The Bertz CT molecular complexity index is 156. The molecule has 0 aliphatic rings. The fraction of sp³-hybridized carbons (Fsp3) is 0.833. The monoisotopic (exact) mass is 200 g/mol. The predicted octanol–water partition coefficient (Wildman–Crippen LogP) is 3.52. The van der Waals surface area contributed by atoms with Gasteiger partial charge in [-0.1, -0.05) is 6.08 Å². The Balaban J connectivity index is 4.23. The van der Waals surface area contributed by atoms with E-state index in [4.69, 9.17) is 9.47 Å². The molecule has 0 radical (unpaired) electrons. The lowest BCUT2D eigenvalue weighted by molar-refractivity contribution is -0.231. The van der Waals surface area contributed by atoms with Gasteiger partial charge in [0.2, 0.25) is 0 Å². The standard InChI is InChI=1S/C12H24O2/c1-8-9-10(13-11(2,3)4)14-12(5,6)7/h8,10H,1,9H2,2-7H3. The van der Waals surface area contributed by atoms with E-state index in [1.54, 1.807) is 0 Å². The molecule has 0 unspecified atom stereocenters. The van der Waals surface area contributed by atoms with Gasteiger partial charge in [0.1, 0.15) is 0 Å². The molecule has 0 bridgehead atoms. The number of rotatable bonds is 4. The quantitative estimate of drug-likeness (QED) is 0.510.